The van der Waals surface area contributed by atoms with Gasteiger partial charge in [-0.15, -0.1) is 0 Å². The van der Waals surface area contributed by atoms with Crippen LogP contribution in [0.2, 0.25) is 0 Å². The Kier molecular flexibility index (Phi) is 7.97. The second kappa shape index (κ2) is 10.1. The molecular formula is C23H25F4N3O3. The summed E-state index contributed by atoms with van der Waals surface area (Å²) < 4.78 is 55.7. The number of imide groups is 1. The van der Waals surface area contributed by atoms with Crippen molar-refractivity contribution in [2.24, 2.45) is 0 Å². The largest absolute Gasteiger partial charge is 0.349 e. The monoisotopic (exact) mass is 467 g/mol. The molecule has 10 heteroatoms. The number of alkyl halides is 2. The molecule has 2 N–H and O–H groups in total. The van der Waals surface area contributed by atoms with Crippen LogP contribution in [0.3, 0.4) is 0 Å². The van der Waals surface area contributed by atoms with Crippen molar-refractivity contribution >= 4 is 23.4 Å². The van der Waals surface area contributed by atoms with Gasteiger partial charge in [-0.3, -0.25) is 14.4 Å². The smallest absolute Gasteiger partial charge is 0.339 e. The number of para-hydroxylation sites is 1. The topological polar surface area (TPSA) is 78.5 Å². The van der Waals surface area contributed by atoms with E-state index in [1.165, 1.54) is 12.1 Å². The summed E-state index contributed by atoms with van der Waals surface area (Å²) in [7, 11) is 0. The number of nitrogens with zero attached hydrogens (tertiary/aromatic N) is 1. The maximum atomic E-state index is 14.5. The van der Waals surface area contributed by atoms with Crippen LogP contribution in [-0.2, 0) is 20.3 Å². The maximum Gasteiger partial charge on any atom is 0.349 e. The minimum Gasteiger partial charge on any atom is -0.339 e. The fourth-order valence-corrected chi connectivity index (χ4v) is 2.80. The third-order valence-corrected chi connectivity index (χ3v) is 4.48. The van der Waals surface area contributed by atoms with Crippen LogP contribution in [0, 0.1) is 11.6 Å². The minimum atomic E-state index is -4.33. The van der Waals surface area contributed by atoms with Crippen LogP contribution in [0.4, 0.5) is 23.2 Å². The number of halogens is 4. The number of carbonyl (C=O) groups is 3. The quantitative estimate of drug-likeness (QED) is 0.611. The molecule has 3 amide bonds. The molecule has 1 atom stereocenters. The van der Waals surface area contributed by atoms with Gasteiger partial charge in [0.2, 0.25) is 5.91 Å². The summed E-state index contributed by atoms with van der Waals surface area (Å²) >= 11 is 0. The minimum absolute atomic E-state index is 0.184. The zero-order chi connectivity index (χ0) is 25.0. The number of anilines is 1. The maximum absolute atomic E-state index is 14.5. The van der Waals surface area contributed by atoms with Gasteiger partial charge >= 0.3 is 5.92 Å². The number of amides is 3. The standard InChI is InChI=1S/C23H25F4N3O3/c1-14(29-21(33)23(26,27)15-10-16(24)12-17(25)11-15)20(32)30(18-8-6-5-7-9-18)19(31)13-28-22(2,3)4/h5-12,14,28H,13H2,1-4H3,(H,29,33)/t14-/m0/s1. The van der Waals surface area contributed by atoms with Gasteiger partial charge in [-0.2, -0.15) is 8.78 Å². The van der Waals surface area contributed by atoms with Crippen LogP contribution in [0.5, 0.6) is 0 Å². The van der Waals surface area contributed by atoms with Crippen LogP contribution in [0.1, 0.15) is 33.3 Å². The fraction of sp³-hybridized carbons (Fsp3) is 0.348. The molecule has 0 radical (unpaired) electrons. The Balaban J connectivity index is 2.25. The van der Waals surface area contributed by atoms with Crippen LogP contribution in [0.15, 0.2) is 48.5 Å². The van der Waals surface area contributed by atoms with E-state index in [9.17, 15) is 31.9 Å². The van der Waals surface area contributed by atoms with E-state index < -0.39 is 52.4 Å². The molecule has 0 spiro atoms. The van der Waals surface area contributed by atoms with Gasteiger partial charge in [-0.1, -0.05) is 18.2 Å². The molecule has 0 bridgehead atoms. The summed E-state index contributed by atoms with van der Waals surface area (Å²) in [6, 6.07) is 7.26. The molecule has 6 nitrogen and oxygen atoms in total. The molecule has 0 saturated carbocycles. The van der Waals surface area contributed by atoms with E-state index in [1.807, 2.05) is 26.1 Å². The summed E-state index contributed by atoms with van der Waals surface area (Å²) in [5.74, 6) is -10.5. The van der Waals surface area contributed by atoms with Crippen molar-refractivity contribution in [3.8, 4) is 0 Å². The lowest BCUT2D eigenvalue weighted by Crippen LogP contribution is -2.54. The number of hydrogen-bond acceptors (Lipinski definition) is 4. The molecule has 0 unspecified atom stereocenters. The van der Waals surface area contributed by atoms with Crippen molar-refractivity contribution in [1.29, 1.82) is 0 Å². The molecule has 2 aromatic rings. The first-order valence-corrected chi connectivity index (χ1v) is 10.0. The predicted octanol–water partition coefficient (Wildman–Crippen LogP) is 3.51. The van der Waals surface area contributed by atoms with Gasteiger partial charge in [0.05, 0.1) is 12.2 Å². The van der Waals surface area contributed by atoms with Crippen molar-refractivity contribution in [3.63, 3.8) is 0 Å². The van der Waals surface area contributed by atoms with Gasteiger partial charge in [0, 0.05) is 17.2 Å². The predicted molar refractivity (Wildman–Crippen MR) is 115 cm³/mol. The number of benzene rings is 2. The highest BCUT2D eigenvalue weighted by molar-refractivity contribution is 6.17. The van der Waals surface area contributed by atoms with E-state index in [0.717, 1.165) is 11.8 Å². The molecule has 0 fully saturated rings. The van der Waals surface area contributed by atoms with Gasteiger partial charge in [0.25, 0.3) is 11.8 Å². The summed E-state index contributed by atoms with van der Waals surface area (Å²) in [6.45, 7) is 6.34. The van der Waals surface area contributed by atoms with Crippen LogP contribution in [-0.4, -0.2) is 35.8 Å². The molecule has 2 rings (SSSR count). The molecule has 178 valence electrons. The average Bonchev–Trinajstić information content (AvgIpc) is 2.71. The SMILES string of the molecule is C[C@H](NC(=O)C(F)(F)c1cc(F)cc(F)c1)C(=O)N(C(=O)CNC(C)(C)C)c1ccccc1. The molecule has 0 aliphatic rings. The van der Waals surface area contributed by atoms with E-state index in [0.29, 0.717) is 18.2 Å². The lowest BCUT2D eigenvalue weighted by Gasteiger charge is -2.28. The zero-order valence-electron chi connectivity index (χ0n) is 18.6. The Morgan fingerprint density at radius 2 is 1.52 bits per heavy atom. The van der Waals surface area contributed by atoms with E-state index in [2.05, 4.69) is 5.32 Å². The summed E-state index contributed by atoms with van der Waals surface area (Å²) in [4.78, 5) is 38.8. The Hall–Kier alpha value is -3.27. The fourth-order valence-electron chi connectivity index (χ4n) is 2.80. The summed E-state index contributed by atoms with van der Waals surface area (Å²) in [5, 5.41) is 4.78. The van der Waals surface area contributed by atoms with E-state index in [4.69, 9.17) is 0 Å². The van der Waals surface area contributed by atoms with Crippen LogP contribution in [0.25, 0.3) is 0 Å². The number of carbonyl (C=O) groups excluding carboxylic acids is 3. The molecule has 2 aromatic carbocycles. The lowest BCUT2D eigenvalue weighted by atomic mass is 10.1. The van der Waals surface area contributed by atoms with Crippen LogP contribution < -0.4 is 15.5 Å². The van der Waals surface area contributed by atoms with Crippen LogP contribution >= 0.6 is 0 Å². The molecule has 0 heterocycles. The Morgan fingerprint density at radius 1 is 0.970 bits per heavy atom. The first-order chi connectivity index (χ1) is 15.2. The van der Waals surface area contributed by atoms with Gasteiger partial charge in [0.15, 0.2) is 0 Å². The Bertz CT molecular complexity index is 1000. The highest BCUT2D eigenvalue weighted by atomic mass is 19.3. The van der Waals surface area contributed by atoms with Gasteiger partial charge in [-0.05, 0) is 52.0 Å². The highest BCUT2D eigenvalue weighted by Gasteiger charge is 2.43. The van der Waals surface area contributed by atoms with Crippen molar-refractivity contribution in [1.82, 2.24) is 10.6 Å². The number of hydrogen-bond donors (Lipinski definition) is 2. The first-order valence-electron chi connectivity index (χ1n) is 10.0. The second-order valence-electron chi connectivity index (χ2n) is 8.43. The molecule has 0 aliphatic heterocycles. The van der Waals surface area contributed by atoms with Crippen molar-refractivity contribution < 1.29 is 31.9 Å². The molecular weight excluding hydrogens is 442 g/mol. The van der Waals surface area contributed by atoms with Crippen molar-refractivity contribution in [3.05, 3.63) is 65.7 Å². The van der Waals surface area contributed by atoms with Gasteiger partial charge in [0.1, 0.15) is 17.7 Å². The highest BCUT2D eigenvalue weighted by Crippen LogP contribution is 2.29. The normalized spacial score (nSPS) is 12.7. The summed E-state index contributed by atoms with van der Waals surface area (Å²) in [6.07, 6.45) is 0. The zero-order valence-corrected chi connectivity index (χ0v) is 18.6. The lowest BCUT2D eigenvalue weighted by molar-refractivity contribution is -0.149. The van der Waals surface area contributed by atoms with E-state index >= 15 is 0 Å². The third-order valence-electron chi connectivity index (χ3n) is 4.48. The average molecular weight is 467 g/mol. The first kappa shape index (κ1) is 26.0. The Labute approximate surface area is 189 Å². The van der Waals surface area contributed by atoms with Gasteiger partial charge < -0.3 is 10.6 Å². The van der Waals surface area contributed by atoms with Crippen molar-refractivity contribution in [2.45, 2.75) is 45.2 Å². The molecule has 33 heavy (non-hydrogen) atoms. The Morgan fingerprint density at radius 3 is 2.03 bits per heavy atom. The number of nitrogens with one attached hydrogen (secondary N) is 2. The summed E-state index contributed by atoms with van der Waals surface area (Å²) in [5.41, 5.74) is -1.46. The second-order valence-corrected chi connectivity index (χ2v) is 8.43. The molecule has 0 saturated heterocycles. The van der Waals surface area contributed by atoms with E-state index in [-0.39, 0.29) is 12.2 Å². The van der Waals surface area contributed by atoms with Gasteiger partial charge in [-0.25, -0.2) is 13.7 Å². The number of rotatable bonds is 7. The molecule has 0 aliphatic carbocycles. The third kappa shape index (κ3) is 6.85. The molecule has 0 aromatic heterocycles. The van der Waals surface area contributed by atoms with E-state index in [1.54, 1.807) is 18.2 Å². The van der Waals surface area contributed by atoms with Crippen molar-refractivity contribution in [2.75, 3.05) is 11.4 Å².